The minimum atomic E-state index is -4.93. The number of carbonyl (C=O) groups excluding carboxylic acids is 2. The van der Waals surface area contributed by atoms with Gasteiger partial charge in [-0.25, -0.2) is 0 Å². The number of aliphatic hydroxyl groups is 1. The van der Waals surface area contributed by atoms with Crippen LogP contribution in [0.1, 0.15) is 22.7 Å². The monoisotopic (exact) mass is 503 g/mol. The Morgan fingerprint density at radius 1 is 0.865 bits per heavy atom. The summed E-state index contributed by atoms with van der Waals surface area (Å²) >= 11 is 0. The molecule has 0 aliphatic carbocycles. The van der Waals surface area contributed by atoms with Gasteiger partial charge in [0.1, 0.15) is 11.5 Å². The summed E-state index contributed by atoms with van der Waals surface area (Å²) < 4.78 is 42.6. The van der Waals surface area contributed by atoms with Gasteiger partial charge in [0.25, 0.3) is 11.7 Å². The third kappa shape index (κ3) is 4.65. The van der Waals surface area contributed by atoms with Crippen LogP contribution in [0.25, 0.3) is 16.5 Å². The number of ether oxygens (including phenoxy) is 1. The molecule has 0 bridgehead atoms. The number of aliphatic hydroxyl groups excluding tert-OH is 1. The van der Waals surface area contributed by atoms with Gasteiger partial charge in [0, 0.05) is 17.3 Å². The molecule has 4 aromatic carbocycles. The summed E-state index contributed by atoms with van der Waals surface area (Å²) in [6.45, 7) is 1.83. The molecular weight excluding hydrogens is 483 g/mol. The SMILES string of the molecule is Cc1cccc(C2/C(=C(/O)c3ccc4ccccc4c3)C(=O)C(=O)N2c2cccc(OC(F)(F)F)c2)c1. The highest BCUT2D eigenvalue weighted by molar-refractivity contribution is 6.51. The molecule has 0 aromatic heterocycles. The number of fused-ring (bicyclic) bond motifs is 1. The van der Waals surface area contributed by atoms with E-state index in [4.69, 9.17) is 0 Å². The standard InChI is InChI=1S/C29H20F3NO4/c1-17-6-4-9-20(14-17)25-24(26(34)21-13-12-18-7-2-3-8-19(18)15-21)27(35)28(36)33(25)22-10-5-11-23(16-22)37-29(30,31)32/h2-16,25,34H,1H3/b26-24-. The second-order valence-electron chi connectivity index (χ2n) is 8.69. The van der Waals surface area contributed by atoms with E-state index in [9.17, 15) is 27.9 Å². The average molecular weight is 503 g/mol. The number of nitrogens with zero attached hydrogens (tertiary/aromatic N) is 1. The summed E-state index contributed by atoms with van der Waals surface area (Å²) in [7, 11) is 0. The highest BCUT2D eigenvalue weighted by Crippen LogP contribution is 2.43. The lowest BCUT2D eigenvalue weighted by atomic mass is 9.93. The van der Waals surface area contributed by atoms with Gasteiger partial charge >= 0.3 is 6.36 Å². The van der Waals surface area contributed by atoms with Crippen molar-refractivity contribution in [2.45, 2.75) is 19.3 Å². The molecule has 1 fully saturated rings. The molecule has 1 aliphatic heterocycles. The number of carbonyl (C=O) groups is 2. The molecular formula is C29H20F3NO4. The second-order valence-corrected chi connectivity index (χ2v) is 8.69. The first kappa shape index (κ1) is 24.1. The molecule has 1 saturated heterocycles. The lowest BCUT2D eigenvalue weighted by Crippen LogP contribution is -2.29. The fourth-order valence-electron chi connectivity index (χ4n) is 4.58. The quantitative estimate of drug-likeness (QED) is 0.192. The Morgan fingerprint density at radius 2 is 1.59 bits per heavy atom. The van der Waals surface area contributed by atoms with Gasteiger partial charge < -0.3 is 9.84 Å². The number of rotatable bonds is 4. The van der Waals surface area contributed by atoms with Gasteiger partial charge in [0.2, 0.25) is 0 Å². The predicted molar refractivity (Wildman–Crippen MR) is 133 cm³/mol. The van der Waals surface area contributed by atoms with E-state index in [1.807, 2.05) is 37.3 Å². The minimum Gasteiger partial charge on any atom is -0.507 e. The zero-order valence-electron chi connectivity index (χ0n) is 19.5. The number of amides is 1. The van der Waals surface area contributed by atoms with Crippen molar-refractivity contribution in [3.63, 3.8) is 0 Å². The number of hydrogen-bond donors (Lipinski definition) is 1. The Morgan fingerprint density at radius 3 is 2.32 bits per heavy atom. The molecule has 0 radical (unpaired) electrons. The number of hydrogen-bond acceptors (Lipinski definition) is 4. The fraction of sp³-hybridized carbons (Fsp3) is 0.103. The van der Waals surface area contributed by atoms with Crippen molar-refractivity contribution >= 4 is 33.9 Å². The van der Waals surface area contributed by atoms with E-state index >= 15 is 0 Å². The highest BCUT2D eigenvalue weighted by Gasteiger charge is 2.47. The van der Waals surface area contributed by atoms with E-state index in [1.54, 1.807) is 36.4 Å². The number of ketones is 1. The van der Waals surface area contributed by atoms with Crippen LogP contribution in [0.15, 0.2) is 96.6 Å². The van der Waals surface area contributed by atoms with E-state index in [0.29, 0.717) is 11.1 Å². The van der Waals surface area contributed by atoms with Crippen LogP contribution in [0, 0.1) is 6.92 Å². The number of anilines is 1. The van der Waals surface area contributed by atoms with Crippen molar-refractivity contribution in [1.82, 2.24) is 0 Å². The largest absolute Gasteiger partial charge is 0.573 e. The number of benzene rings is 4. The number of Topliss-reactive ketones (excluding diaryl/α,β-unsaturated/α-hetero) is 1. The van der Waals surface area contributed by atoms with E-state index in [1.165, 1.54) is 12.1 Å². The summed E-state index contributed by atoms with van der Waals surface area (Å²) in [5, 5.41) is 13.1. The van der Waals surface area contributed by atoms with E-state index in [-0.39, 0.29) is 17.0 Å². The van der Waals surface area contributed by atoms with Gasteiger partial charge in [-0.1, -0.05) is 72.3 Å². The zero-order valence-corrected chi connectivity index (χ0v) is 19.5. The highest BCUT2D eigenvalue weighted by atomic mass is 19.4. The summed E-state index contributed by atoms with van der Waals surface area (Å²) in [6.07, 6.45) is -4.93. The Balaban J connectivity index is 1.69. The summed E-state index contributed by atoms with van der Waals surface area (Å²) in [4.78, 5) is 27.7. The molecule has 0 spiro atoms. The summed E-state index contributed by atoms with van der Waals surface area (Å²) in [6, 6.07) is 23.4. The number of halogens is 3. The van der Waals surface area contributed by atoms with Crippen LogP contribution in [0.3, 0.4) is 0 Å². The molecule has 1 amide bonds. The van der Waals surface area contributed by atoms with Crippen molar-refractivity contribution in [1.29, 1.82) is 0 Å². The summed E-state index contributed by atoms with van der Waals surface area (Å²) in [5.41, 5.74) is 1.55. The third-order valence-corrected chi connectivity index (χ3v) is 6.15. The first-order chi connectivity index (χ1) is 17.6. The molecule has 1 aliphatic rings. The first-order valence-electron chi connectivity index (χ1n) is 11.3. The lowest BCUT2D eigenvalue weighted by molar-refractivity contribution is -0.274. The Hall–Kier alpha value is -4.59. The maximum Gasteiger partial charge on any atom is 0.573 e. The Kier molecular flexibility index (Phi) is 5.95. The van der Waals surface area contributed by atoms with Gasteiger partial charge in [-0.2, -0.15) is 0 Å². The van der Waals surface area contributed by atoms with Crippen molar-refractivity contribution in [2.24, 2.45) is 0 Å². The molecule has 1 heterocycles. The van der Waals surface area contributed by atoms with Gasteiger partial charge in [0.15, 0.2) is 0 Å². The van der Waals surface area contributed by atoms with Crippen LogP contribution in [0.2, 0.25) is 0 Å². The normalized spacial score (nSPS) is 17.4. The average Bonchev–Trinajstić information content (AvgIpc) is 3.13. The molecule has 1 atom stereocenters. The molecule has 1 unspecified atom stereocenters. The minimum absolute atomic E-state index is 0.0212. The van der Waals surface area contributed by atoms with Crippen molar-refractivity contribution < 1.29 is 32.6 Å². The first-order valence-corrected chi connectivity index (χ1v) is 11.3. The molecule has 5 rings (SSSR count). The van der Waals surface area contributed by atoms with Gasteiger partial charge in [-0.15, -0.1) is 13.2 Å². The summed E-state index contributed by atoms with van der Waals surface area (Å²) in [5.74, 6) is -2.83. The van der Waals surface area contributed by atoms with E-state index < -0.39 is 29.8 Å². The van der Waals surface area contributed by atoms with Crippen LogP contribution in [0.5, 0.6) is 5.75 Å². The van der Waals surface area contributed by atoms with Gasteiger partial charge in [0.05, 0.1) is 11.6 Å². The number of alkyl halides is 3. The maximum absolute atomic E-state index is 13.3. The molecule has 5 nitrogen and oxygen atoms in total. The molecule has 4 aromatic rings. The molecule has 1 N–H and O–H groups in total. The van der Waals surface area contributed by atoms with Crippen LogP contribution < -0.4 is 9.64 Å². The van der Waals surface area contributed by atoms with E-state index in [2.05, 4.69) is 4.74 Å². The van der Waals surface area contributed by atoms with Crippen molar-refractivity contribution in [3.05, 3.63) is 113 Å². The fourth-order valence-corrected chi connectivity index (χ4v) is 4.58. The van der Waals surface area contributed by atoms with Crippen molar-refractivity contribution in [3.8, 4) is 5.75 Å². The van der Waals surface area contributed by atoms with Crippen molar-refractivity contribution in [2.75, 3.05) is 4.90 Å². The molecule has 8 heteroatoms. The molecule has 0 saturated carbocycles. The molecule has 186 valence electrons. The van der Waals surface area contributed by atoms with Crippen LogP contribution in [0.4, 0.5) is 18.9 Å². The smallest absolute Gasteiger partial charge is 0.507 e. The Bertz CT molecular complexity index is 1570. The van der Waals surface area contributed by atoms with Crippen LogP contribution in [-0.4, -0.2) is 23.2 Å². The zero-order chi connectivity index (χ0) is 26.3. The lowest BCUT2D eigenvalue weighted by Gasteiger charge is -2.26. The molecule has 37 heavy (non-hydrogen) atoms. The maximum atomic E-state index is 13.3. The van der Waals surface area contributed by atoms with Gasteiger partial charge in [-0.05, 0) is 41.5 Å². The van der Waals surface area contributed by atoms with Crippen LogP contribution in [-0.2, 0) is 9.59 Å². The predicted octanol–water partition coefficient (Wildman–Crippen LogP) is 6.67. The Labute approximate surface area is 210 Å². The topological polar surface area (TPSA) is 66.8 Å². The van der Waals surface area contributed by atoms with E-state index in [0.717, 1.165) is 33.4 Å². The van der Waals surface area contributed by atoms with Gasteiger partial charge in [-0.3, -0.25) is 14.5 Å². The third-order valence-electron chi connectivity index (χ3n) is 6.15. The number of aryl methyl sites for hydroxylation is 1. The van der Waals surface area contributed by atoms with Crippen LogP contribution >= 0.6 is 0 Å². The second kappa shape index (κ2) is 9.13.